The van der Waals surface area contributed by atoms with E-state index in [1.54, 1.807) is 0 Å². The summed E-state index contributed by atoms with van der Waals surface area (Å²) < 4.78 is 0. The van der Waals surface area contributed by atoms with Crippen LogP contribution in [-0.2, 0) is 0 Å². The van der Waals surface area contributed by atoms with Crippen molar-refractivity contribution in [1.82, 2.24) is 0 Å². The first-order valence-corrected chi connectivity index (χ1v) is 0.651. The zero-order valence-electron chi connectivity index (χ0n) is 7.80. The van der Waals surface area contributed by atoms with E-state index in [0.717, 1.165) is 0 Å². The van der Waals surface area contributed by atoms with E-state index in [0.29, 0.717) is 0 Å². The third-order valence-electron chi connectivity index (χ3n) is 0. The van der Waals surface area contributed by atoms with Gasteiger partial charge in [0.05, 0.1) is 0 Å². The van der Waals surface area contributed by atoms with Crippen LogP contribution in [0.25, 0.3) is 0 Å². The van der Waals surface area contributed by atoms with E-state index in [9.17, 15) is 0 Å². The molecule has 0 saturated carbocycles. The summed E-state index contributed by atoms with van der Waals surface area (Å²) in [6, 6.07) is 0. The molecule has 0 aliphatic rings. The minimum atomic E-state index is -1.83. The molecule has 0 heterocycles. The Kier molecular flexibility index (Phi) is 25.0. The Labute approximate surface area is 85.3 Å². The fourth-order valence-corrected chi connectivity index (χ4v) is 0. The number of carbonyl (C=O) groups is 1. The van der Waals surface area contributed by atoms with Crippen molar-refractivity contribution in [3.05, 3.63) is 0 Å². The van der Waals surface area contributed by atoms with Gasteiger partial charge in [0.2, 0.25) is 0 Å². The van der Waals surface area contributed by atoms with Gasteiger partial charge in [-0.25, -0.2) is 4.79 Å². The Balaban J connectivity index is -0.00000000300. The van der Waals surface area contributed by atoms with Gasteiger partial charge in [0.25, 0.3) is 0 Å². The van der Waals surface area contributed by atoms with Gasteiger partial charge in [-0.2, -0.15) is 0 Å². The molecule has 0 aromatic heterocycles. The molecule has 0 rings (SSSR count). The zero-order chi connectivity index (χ0) is 3.58. The van der Waals surface area contributed by atoms with Gasteiger partial charge < -0.3 is 13.1 Å². The first-order chi connectivity index (χ1) is 1.73. The second kappa shape index (κ2) is 9.55. The van der Waals surface area contributed by atoms with E-state index in [4.69, 9.17) is 15.0 Å². The topological polar surface area (TPSA) is 57.5 Å². The maximum absolute atomic E-state index is 8.56. The summed E-state index contributed by atoms with van der Waals surface area (Å²) in [6.07, 6.45) is -1.83. The van der Waals surface area contributed by atoms with Crippen molar-refractivity contribution in [1.29, 1.82) is 0 Å². The van der Waals surface area contributed by atoms with Crippen LogP contribution in [0.1, 0.15) is 5.71 Å². The van der Waals surface area contributed by atoms with Crippen molar-refractivity contribution >= 4 is 6.16 Å². The molecule has 0 aliphatic carbocycles. The number of hydrogen-bond donors (Lipinski definition) is 2. The second-order valence-electron chi connectivity index (χ2n) is 0.283. The molecule has 2 N–H and O–H groups in total. The van der Waals surface area contributed by atoms with Gasteiger partial charge in [-0.1, -0.05) is 0 Å². The van der Waals surface area contributed by atoms with E-state index in [-0.39, 0.29) is 64.8 Å². The van der Waals surface area contributed by atoms with Crippen LogP contribution < -0.4 is 59.1 Å². The largest absolute Gasteiger partial charge is 1.00 e. The first kappa shape index (κ1) is 15.7. The monoisotopic (exact) mass is 112 g/mol. The summed E-state index contributed by atoms with van der Waals surface area (Å²) in [4.78, 5) is 8.56. The quantitative estimate of drug-likeness (QED) is 0.308. The van der Waals surface area contributed by atoms with Crippen LogP contribution in [0.4, 0.5) is 4.79 Å². The molecule has 0 atom stereocenters. The normalized spacial score (nSPS) is 4.00. The van der Waals surface area contributed by atoms with E-state index in [1.807, 2.05) is 0 Å². The number of hydrogen-bond acceptors (Lipinski definition) is 1. The third-order valence-corrected chi connectivity index (χ3v) is 0. The molecular formula is CH6Na2O3+2. The van der Waals surface area contributed by atoms with Crippen LogP contribution in [0.2, 0.25) is 0 Å². The average molecular weight is 112 g/mol. The van der Waals surface area contributed by atoms with Crippen molar-refractivity contribution in [3.63, 3.8) is 0 Å². The average Bonchev–Trinajstić information content (AvgIpc) is 0.811. The summed E-state index contributed by atoms with van der Waals surface area (Å²) in [5, 5.41) is 13.9. The summed E-state index contributed by atoms with van der Waals surface area (Å²) in [5.41, 5.74) is 0. The van der Waals surface area contributed by atoms with Crippen LogP contribution in [-0.4, -0.2) is 16.4 Å². The molecule has 0 saturated heterocycles. The molecule has 6 heavy (non-hydrogen) atoms. The Morgan fingerprint density at radius 1 is 1.50 bits per heavy atom. The van der Waals surface area contributed by atoms with Gasteiger partial charge in [0, 0.05) is 0 Å². The maximum atomic E-state index is 8.56. The molecule has 0 unspecified atom stereocenters. The molecule has 0 aromatic carbocycles. The van der Waals surface area contributed by atoms with Gasteiger partial charge >= 0.3 is 68.1 Å². The van der Waals surface area contributed by atoms with Gasteiger partial charge in [0.1, 0.15) is 0 Å². The number of carboxylic acid groups (broad SMARTS) is 2. The minimum absolute atomic E-state index is 0. The smallest absolute Gasteiger partial charge is 1.00 e. The van der Waals surface area contributed by atoms with E-state index >= 15 is 0 Å². The fourth-order valence-electron chi connectivity index (χ4n) is 0. The Bertz CT molecular complexity index is 41.5. The van der Waals surface area contributed by atoms with Gasteiger partial charge in [-0.3, -0.25) is 0 Å². The van der Waals surface area contributed by atoms with Crippen LogP contribution >= 0.6 is 0 Å². The molecule has 0 aliphatic heterocycles. The molecule has 0 amide bonds. The predicted octanol–water partition coefficient (Wildman–Crippen LogP) is -5.32. The standard InChI is InChI=1S/CH2O3.2Na.2H/c2-1(3)4;;;;/h(H2,2,3,4);;;;/q;2*+1;2*-1/p+2. The molecule has 0 fully saturated rings. The Morgan fingerprint density at radius 2 is 1.50 bits per heavy atom. The molecule has 0 aromatic rings. The van der Waals surface area contributed by atoms with Crippen molar-refractivity contribution in [2.45, 2.75) is 0 Å². The van der Waals surface area contributed by atoms with Gasteiger partial charge in [-0.05, 0) is 0 Å². The summed E-state index contributed by atoms with van der Waals surface area (Å²) in [7, 11) is 0. The van der Waals surface area contributed by atoms with Crippen LogP contribution in [0.15, 0.2) is 0 Å². The molecule has 5 heteroatoms. The van der Waals surface area contributed by atoms with E-state index in [1.165, 1.54) is 0 Å². The zero-order valence-corrected chi connectivity index (χ0v) is 7.80. The summed E-state index contributed by atoms with van der Waals surface area (Å²) >= 11 is 0. The van der Waals surface area contributed by atoms with Crippen LogP contribution in [0.5, 0.6) is 0 Å². The third kappa shape index (κ3) is 59.6. The molecule has 0 radical (unpaired) electrons. The molecule has 28 valence electrons. The summed E-state index contributed by atoms with van der Waals surface area (Å²) in [6.45, 7) is 0. The van der Waals surface area contributed by atoms with Crippen molar-refractivity contribution in [2.24, 2.45) is 0 Å². The fraction of sp³-hybridized carbons (Fsp3) is 0. The molecule has 3 nitrogen and oxygen atoms in total. The van der Waals surface area contributed by atoms with E-state index in [2.05, 4.69) is 0 Å². The SMILES string of the molecule is O=C(O)O.[H+].[H+].[H-].[H-].[Na+].[Na+]. The van der Waals surface area contributed by atoms with E-state index < -0.39 is 6.16 Å². The maximum Gasteiger partial charge on any atom is 1.00 e. The van der Waals surface area contributed by atoms with Crippen LogP contribution in [0, 0.1) is 0 Å². The Hall–Kier alpha value is 1.27. The summed E-state index contributed by atoms with van der Waals surface area (Å²) in [5.74, 6) is 0. The molecule has 0 spiro atoms. The molecule has 0 bridgehead atoms. The number of rotatable bonds is 0. The van der Waals surface area contributed by atoms with Crippen molar-refractivity contribution in [3.8, 4) is 0 Å². The van der Waals surface area contributed by atoms with Crippen LogP contribution in [0.3, 0.4) is 0 Å². The predicted molar refractivity (Wildman–Crippen MR) is 15.1 cm³/mol. The second-order valence-corrected chi connectivity index (χ2v) is 0.283. The minimum Gasteiger partial charge on any atom is -1.00 e. The van der Waals surface area contributed by atoms with Crippen molar-refractivity contribution in [2.75, 3.05) is 0 Å². The Morgan fingerprint density at radius 3 is 1.50 bits per heavy atom. The van der Waals surface area contributed by atoms with Crippen molar-refractivity contribution < 1.29 is 79.8 Å². The van der Waals surface area contributed by atoms with Gasteiger partial charge in [0.15, 0.2) is 0 Å². The molecular weight excluding hydrogens is 106 g/mol. The van der Waals surface area contributed by atoms with Gasteiger partial charge in [-0.15, -0.1) is 0 Å². The first-order valence-electron chi connectivity index (χ1n) is 0.651.